The van der Waals surface area contributed by atoms with Gasteiger partial charge in [-0.15, -0.1) is 0 Å². The van der Waals surface area contributed by atoms with Gasteiger partial charge in [-0.3, -0.25) is 14.4 Å². The number of ether oxygens (including phenoxy) is 2. The van der Waals surface area contributed by atoms with Crippen LogP contribution in [0.25, 0.3) is 11.0 Å². The number of nitrogen functional groups attached to an aromatic ring is 1. The number of fused-ring (bicyclic) bond motifs is 1. The van der Waals surface area contributed by atoms with Crippen LogP contribution in [0.15, 0.2) is 27.4 Å². The lowest BCUT2D eigenvalue weighted by Crippen LogP contribution is -2.48. The lowest BCUT2D eigenvalue weighted by Gasteiger charge is -2.18. The van der Waals surface area contributed by atoms with Crippen molar-refractivity contribution in [1.82, 2.24) is 10.6 Å². The third-order valence-electron chi connectivity index (χ3n) is 4.92. The van der Waals surface area contributed by atoms with E-state index in [0.717, 1.165) is 0 Å². The fourth-order valence-electron chi connectivity index (χ4n) is 3.17. The molecule has 0 bridgehead atoms. The number of carbonyl (C=O) groups excluding carboxylic acids is 2. The van der Waals surface area contributed by atoms with E-state index in [2.05, 4.69) is 10.6 Å². The third kappa shape index (κ3) is 7.88. The molecular weight excluding hydrogens is 434 g/mol. The average molecular weight is 463 g/mol. The van der Waals surface area contributed by atoms with Gasteiger partial charge in [-0.2, -0.15) is 0 Å². The Hall–Kier alpha value is -3.44. The summed E-state index contributed by atoms with van der Waals surface area (Å²) >= 11 is 0. The van der Waals surface area contributed by atoms with Crippen molar-refractivity contribution in [2.75, 3.05) is 39.2 Å². The molecule has 0 saturated heterocycles. The second kappa shape index (κ2) is 12.6. The molecule has 2 aromatic rings. The Labute approximate surface area is 190 Å². The van der Waals surface area contributed by atoms with E-state index in [1.807, 2.05) is 0 Å². The molecule has 0 saturated carbocycles. The summed E-state index contributed by atoms with van der Waals surface area (Å²) in [6.45, 7) is 2.89. The van der Waals surface area contributed by atoms with Gasteiger partial charge in [-0.25, -0.2) is 4.79 Å². The van der Waals surface area contributed by atoms with Gasteiger partial charge in [-0.05, 0) is 31.0 Å². The van der Waals surface area contributed by atoms with Crippen LogP contribution in [0.4, 0.5) is 5.69 Å². The summed E-state index contributed by atoms with van der Waals surface area (Å²) in [6, 6.07) is 3.80. The largest absolute Gasteiger partial charge is 0.481 e. The molecule has 1 aromatic heterocycles. The Morgan fingerprint density at radius 1 is 1.21 bits per heavy atom. The van der Waals surface area contributed by atoms with E-state index in [1.54, 1.807) is 26.2 Å². The highest BCUT2D eigenvalue weighted by Crippen LogP contribution is 2.21. The molecule has 0 aliphatic carbocycles. The third-order valence-corrected chi connectivity index (χ3v) is 4.92. The zero-order chi connectivity index (χ0) is 24.4. The normalized spacial score (nSPS) is 11.8. The van der Waals surface area contributed by atoms with Crippen molar-refractivity contribution in [2.24, 2.45) is 0 Å². The number of nitrogens with two attached hydrogens (primary N) is 1. The summed E-state index contributed by atoms with van der Waals surface area (Å²) in [7, 11) is 1.54. The predicted octanol–water partition coefficient (Wildman–Crippen LogP) is 0.355. The number of nitrogens with one attached hydrogen (secondary N) is 2. The topological polar surface area (TPSA) is 170 Å². The Morgan fingerprint density at radius 2 is 1.97 bits per heavy atom. The molecule has 180 valence electrons. The molecule has 0 aliphatic heterocycles. The molecule has 2 amide bonds. The molecule has 33 heavy (non-hydrogen) atoms. The van der Waals surface area contributed by atoms with Crippen LogP contribution >= 0.6 is 0 Å². The van der Waals surface area contributed by atoms with E-state index in [-0.39, 0.29) is 38.0 Å². The molecule has 0 fully saturated rings. The zero-order valence-electron chi connectivity index (χ0n) is 18.6. The van der Waals surface area contributed by atoms with Gasteiger partial charge < -0.3 is 35.4 Å². The first-order valence-corrected chi connectivity index (χ1v) is 10.4. The standard InChI is InChI=1S/C22H29N3O8/c1-13-15-4-3-14(23)11-18(15)33-22(30)16(13)12-19(26)25-17(5-6-20(27)28)21(29)24-7-8-32-10-9-31-2/h3-4,11,17H,5-10,12,23H2,1-2H3,(H,24,29)(H,25,26)(H,27,28). The van der Waals surface area contributed by atoms with Crippen LogP contribution in [-0.4, -0.2) is 62.4 Å². The van der Waals surface area contributed by atoms with Crippen LogP contribution in [0.3, 0.4) is 0 Å². The molecule has 1 heterocycles. The molecule has 1 aromatic carbocycles. The number of methoxy groups -OCH3 is 1. The first-order valence-electron chi connectivity index (χ1n) is 10.4. The molecule has 11 heteroatoms. The lowest BCUT2D eigenvalue weighted by atomic mass is 10.0. The van der Waals surface area contributed by atoms with Gasteiger partial charge in [0.15, 0.2) is 0 Å². The van der Waals surface area contributed by atoms with Gasteiger partial charge in [0, 0.05) is 37.2 Å². The Balaban J connectivity index is 2.06. The highest BCUT2D eigenvalue weighted by Gasteiger charge is 2.23. The molecule has 5 N–H and O–H groups in total. The van der Waals surface area contributed by atoms with Crippen LogP contribution < -0.4 is 22.0 Å². The maximum Gasteiger partial charge on any atom is 0.340 e. The number of carboxylic acids is 1. The molecule has 2 rings (SSSR count). The van der Waals surface area contributed by atoms with Gasteiger partial charge in [0.25, 0.3) is 0 Å². The second-order valence-electron chi connectivity index (χ2n) is 7.37. The zero-order valence-corrected chi connectivity index (χ0v) is 18.6. The van der Waals surface area contributed by atoms with Gasteiger partial charge in [0.1, 0.15) is 11.6 Å². The van der Waals surface area contributed by atoms with Crippen molar-refractivity contribution in [3.8, 4) is 0 Å². The van der Waals surface area contributed by atoms with Gasteiger partial charge >= 0.3 is 11.6 Å². The number of anilines is 1. The number of aliphatic carboxylic acids is 1. The summed E-state index contributed by atoms with van der Waals surface area (Å²) in [4.78, 5) is 48.5. The first kappa shape index (κ1) is 25.8. The van der Waals surface area contributed by atoms with Crippen molar-refractivity contribution >= 4 is 34.4 Å². The van der Waals surface area contributed by atoms with Crippen molar-refractivity contribution < 1.29 is 33.4 Å². The number of hydrogen-bond acceptors (Lipinski definition) is 8. The van der Waals surface area contributed by atoms with Gasteiger partial charge in [0.05, 0.1) is 31.8 Å². The van der Waals surface area contributed by atoms with E-state index < -0.39 is 29.5 Å². The van der Waals surface area contributed by atoms with Crippen molar-refractivity contribution in [3.63, 3.8) is 0 Å². The minimum Gasteiger partial charge on any atom is -0.481 e. The molecule has 0 radical (unpaired) electrons. The fourth-order valence-corrected chi connectivity index (χ4v) is 3.17. The fraction of sp³-hybridized carbons (Fsp3) is 0.455. The van der Waals surface area contributed by atoms with E-state index in [0.29, 0.717) is 35.4 Å². The Morgan fingerprint density at radius 3 is 2.67 bits per heavy atom. The second-order valence-corrected chi connectivity index (χ2v) is 7.37. The number of hydrogen-bond donors (Lipinski definition) is 4. The quantitative estimate of drug-likeness (QED) is 0.186. The Kier molecular flexibility index (Phi) is 9.83. The summed E-state index contributed by atoms with van der Waals surface area (Å²) in [5.74, 6) is -2.25. The van der Waals surface area contributed by atoms with Gasteiger partial charge in [-0.1, -0.05) is 0 Å². The van der Waals surface area contributed by atoms with Crippen LogP contribution in [0.5, 0.6) is 0 Å². The summed E-state index contributed by atoms with van der Waals surface area (Å²) in [5.41, 5.74) is 6.50. The van der Waals surface area contributed by atoms with Crippen LogP contribution in [-0.2, 0) is 30.3 Å². The number of carboxylic acid groups (broad SMARTS) is 1. The maximum absolute atomic E-state index is 12.6. The van der Waals surface area contributed by atoms with E-state index in [1.165, 1.54) is 6.07 Å². The van der Waals surface area contributed by atoms with Crippen LogP contribution in [0.1, 0.15) is 24.0 Å². The molecular formula is C22H29N3O8. The highest BCUT2D eigenvalue weighted by molar-refractivity contribution is 5.90. The molecule has 0 aliphatic rings. The minimum atomic E-state index is -1.10. The number of rotatable bonds is 13. The van der Waals surface area contributed by atoms with E-state index >= 15 is 0 Å². The summed E-state index contributed by atoms with van der Waals surface area (Å²) in [5, 5.41) is 14.7. The van der Waals surface area contributed by atoms with Crippen molar-refractivity contribution in [3.05, 3.63) is 39.7 Å². The highest BCUT2D eigenvalue weighted by atomic mass is 16.5. The smallest absolute Gasteiger partial charge is 0.340 e. The lowest BCUT2D eigenvalue weighted by molar-refractivity contribution is -0.138. The first-order chi connectivity index (χ1) is 15.7. The molecule has 1 unspecified atom stereocenters. The number of benzene rings is 1. The van der Waals surface area contributed by atoms with Gasteiger partial charge in [0.2, 0.25) is 11.8 Å². The Bertz CT molecular complexity index is 1050. The van der Waals surface area contributed by atoms with Crippen molar-refractivity contribution in [2.45, 2.75) is 32.2 Å². The molecule has 0 spiro atoms. The average Bonchev–Trinajstić information content (AvgIpc) is 2.76. The van der Waals surface area contributed by atoms with Crippen LogP contribution in [0.2, 0.25) is 0 Å². The SMILES string of the molecule is COCCOCCNC(=O)C(CCC(=O)O)NC(=O)Cc1c(C)c2ccc(N)cc2oc1=O. The minimum absolute atomic E-state index is 0.109. The summed E-state index contributed by atoms with van der Waals surface area (Å²) < 4.78 is 15.4. The maximum atomic E-state index is 12.6. The van der Waals surface area contributed by atoms with E-state index in [9.17, 15) is 19.2 Å². The molecule has 1 atom stereocenters. The number of amides is 2. The monoisotopic (exact) mass is 463 g/mol. The predicted molar refractivity (Wildman–Crippen MR) is 120 cm³/mol. The number of carbonyl (C=O) groups is 3. The van der Waals surface area contributed by atoms with E-state index in [4.69, 9.17) is 24.7 Å². The number of aryl methyl sites for hydroxylation is 1. The molecule has 11 nitrogen and oxygen atoms in total. The van der Waals surface area contributed by atoms with Crippen LogP contribution in [0, 0.1) is 6.92 Å². The summed E-state index contributed by atoms with van der Waals surface area (Å²) in [6.07, 6.45) is -0.755. The van der Waals surface area contributed by atoms with Crippen molar-refractivity contribution in [1.29, 1.82) is 0 Å².